The molecule has 0 N–H and O–H groups in total. The number of rotatable bonds is 2. The Kier molecular flexibility index (Phi) is 3.94. The highest BCUT2D eigenvalue weighted by atomic mass is 16.2. The first-order chi connectivity index (χ1) is 6.65. The van der Waals surface area contributed by atoms with E-state index in [1.807, 2.05) is 13.8 Å². The van der Waals surface area contributed by atoms with Crippen molar-refractivity contribution in [2.45, 2.75) is 45.6 Å². The predicted molar refractivity (Wildman–Crippen MR) is 54.4 cm³/mol. The van der Waals surface area contributed by atoms with Crippen LogP contribution in [0, 0.1) is 17.2 Å². The third-order valence-electron chi connectivity index (χ3n) is 2.56. The zero-order chi connectivity index (χ0) is 10.6. The molecule has 0 aliphatic carbocycles. The fourth-order valence-electron chi connectivity index (χ4n) is 1.83. The maximum absolute atomic E-state index is 11.8. The first-order valence-electron chi connectivity index (χ1n) is 5.34. The number of nitrogens with zero attached hydrogens (tertiary/aromatic N) is 2. The van der Waals surface area contributed by atoms with Gasteiger partial charge in [-0.25, -0.2) is 0 Å². The Balaban J connectivity index is 2.55. The summed E-state index contributed by atoms with van der Waals surface area (Å²) in [6, 6.07) is 2.04. The molecule has 1 heterocycles. The fourth-order valence-corrected chi connectivity index (χ4v) is 1.83. The van der Waals surface area contributed by atoms with Crippen molar-refractivity contribution in [1.82, 2.24) is 4.90 Å². The third-order valence-corrected chi connectivity index (χ3v) is 2.56. The van der Waals surface area contributed by atoms with E-state index in [4.69, 9.17) is 5.26 Å². The van der Waals surface area contributed by atoms with Crippen LogP contribution in [0.3, 0.4) is 0 Å². The molecule has 1 amide bonds. The summed E-state index contributed by atoms with van der Waals surface area (Å²) in [6.07, 6.45) is 3.53. The van der Waals surface area contributed by atoms with Gasteiger partial charge < -0.3 is 4.90 Å². The summed E-state index contributed by atoms with van der Waals surface area (Å²) >= 11 is 0. The summed E-state index contributed by atoms with van der Waals surface area (Å²) in [4.78, 5) is 13.5. The lowest BCUT2D eigenvalue weighted by Gasteiger charge is -2.31. The number of nitriles is 1. The molecule has 1 aliphatic heterocycles. The summed E-state index contributed by atoms with van der Waals surface area (Å²) in [6.45, 7) is 4.83. The van der Waals surface area contributed by atoms with Crippen molar-refractivity contribution in [2.24, 2.45) is 5.92 Å². The van der Waals surface area contributed by atoms with Crippen molar-refractivity contribution in [1.29, 1.82) is 5.26 Å². The molecule has 0 bridgehead atoms. The van der Waals surface area contributed by atoms with Crippen LogP contribution in [0.4, 0.5) is 0 Å². The van der Waals surface area contributed by atoms with Crippen LogP contribution in [0.15, 0.2) is 0 Å². The summed E-state index contributed by atoms with van der Waals surface area (Å²) < 4.78 is 0. The van der Waals surface area contributed by atoms with E-state index in [0.717, 1.165) is 25.8 Å². The summed E-state index contributed by atoms with van der Waals surface area (Å²) in [5, 5.41) is 8.90. The lowest BCUT2D eigenvalue weighted by Crippen LogP contribution is -2.43. The van der Waals surface area contributed by atoms with Gasteiger partial charge in [0, 0.05) is 13.0 Å². The fraction of sp³-hybridized carbons (Fsp3) is 0.818. The summed E-state index contributed by atoms with van der Waals surface area (Å²) in [5.41, 5.74) is 0. The molecule has 0 aromatic rings. The van der Waals surface area contributed by atoms with Crippen molar-refractivity contribution < 1.29 is 4.79 Å². The molecule has 1 unspecified atom stereocenters. The molecule has 78 valence electrons. The second kappa shape index (κ2) is 4.99. The zero-order valence-electron chi connectivity index (χ0n) is 8.99. The average Bonchev–Trinajstić information content (AvgIpc) is 2.16. The van der Waals surface area contributed by atoms with Crippen molar-refractivity contribution in [3.05, 3.63) is 0 Å². The van der Waals surface area contributed by atoms with Crippen molar-refractivity contribution in [3.63, 3.8) is 0 Å². The van der Waals surface area contributed by atoms with E-state index >= 15 is 0 Å². The summed E-state index contributed by atoms with van der Waals surface area (Å²) in [5.74, 6) is 0.523. The number of carbonyl (C=O) groups excluding carboxylic acids is 1. The minimum atomic E-state index is -0.171. The molecule has 14 heavy (non-hydrogen) atoms. The van der Waals surface area contributed by atoms with E-state index in [1.54, 1.807) is 4.90 Å². The molecular formula is C11H18N2O. The standard InChI is InChI=1S/C11H18N2O/c1-9(2)7-11(14)13-6-4-3-5-10(13)8-12/h9-10H,3-7H2,1-2H3. The second-order valence-electron chi connectivity index (χ2n) is 4.33. The normalized spacial score (nSPS) is 22.1. The van der Waals surface area contributed by atoms with Gasteiger partial charge >= 0.3 is 0 Å². The minimum absolute atomic E-state index is 0.145. The molecular weight excluding hydrogens is 176 g/mol. The minimum Gasteiger partial charge on any atom is -0.327 e. The molecule has 1 saturated heterocycles. The number of hydrogen-bond donors (Lipinski definition) is 0. The van der Waals surface area contributed by atoms with Crippen molar-refractivity contribution in [2.75, 3.05) is 6.54 Å². The van der Waals surface area contributed by atoms with Crippen LogP contribution in [0.5, 0.6) is 0 Å². The molecule has 1 rings (SSSR count). The summed E-state index contributed by atoms with van der Waals surface area (Å²) in [7, 11) is 0. The highest BCUT2D eigenvalue weighted by molar-refractivity contribution is 5.77. The van der Waals surface area contributed by atoms with Gasteiger partial charge in [0.15, 0.2) is 0 Å². The van der Waals surface area contributed by atoms with Crippen LogP contribution in [0.1, 0.15) is 39.5 Å². The van der Waals surface area contributed by atoms with E-state index < -0.39 is 0 Å². The van der Waals surface area contributed by atoms with Crippen molar-refractivity contribution in [3.8, 4) is 6.07 Å². The zero-order valence-corrected chi connectivity index (χ0v) is 8.99. The molecule has 0 radical (unpaired) electrons. The Morgan fingerprint density at radius 1 is 1.57 bits per heavy atom. The SMILES string of the molecule is CC(C)CC(=O)N1CCCCC1C#N. The van der Waals surface area contributed by atoms with Crippen LogP contribution < -0.4 is 0 Å². The van der Waals surface area contributed by atoms with Gasteiger partial charge in [-0.15, -0.1) is 0 Å². The largest absolute Gasteiger partial charge is 0.327 e. The first-order valence-corrected chi connectivity index (χ1v) is 5.34. The third kappa shape index (κ3) is 2.73. The quantitative estimate of drug-likeness (QED) is 0.674. The Morgan fingerprint density at radius 2 is 2.29 bits per heavy atom. The lowest BCUT2D eigenvalue weighted by molar-refractivity contribution is -0.134. The van der Waals surface area contributed by atoms with Gasteiger partial charge in [-0.3, -0.25) is 4.79 Å². The second-order valence-corrected chi connectivity index (χ2v) is 4.33. The van der Waals surface area contributed by atoms with Crippen molar-refractivity contribution >= 4 is 5.91 Å². The van der Waals surface area contributed by atoms with Crippen LogP contribution in [-0.2, 0) is 4.79 Å². The van der Waals surface area contributed by atoms with Gasteiger partial charge in [-0.2, -0.15) is 5.26 Å². The van der Waals surface area contributed by atoms with Crippen LogP contribution >= 0.6 is 0 Å². The monoisotopic (exact) mass is 194 g/mol. The molecule has 0 saturated carbocycles. The Bertz CT molecular complexity index is 242. The van der Waals surface area contributed by atoms with Gasteiger partial charge in [0.1, 0.15) is 6.04 Å². The number of piperidine rings is 1. The predicted octanol–water partition coefficient (Wildman–Crippen LogP) is 1.94. The van der Waals surface area contributed by atoms with Gasteiger partial charge in [0.25, 0.3) is 0 Å². The van der Waals surface area contributed by atoms with E-state index in [1.165, 1.54) is 0 Å². The number of likely N-dealkylation sites (tertiary alicyclic amines) is 1. The molecule has 0 aromatic carbocycles. The molecule has 0 spiro atoms. The number of hydrogen-bond acceptors (Lipinski definition) is 2. The van der Waals surface area contributed by atoms with E-state index in [9.17, 15) is 4.79 Å². The molecule has 1 atom stereocenters. The highest BCUT2D eigenvalue weighted by Crippen LogP contribution is 2.18. The van der Waals surface area contributed by atoms with Crippen LogP contribution in [0.25, 0.3) is 0 Å². The first kappa shape index (κ1) is 11.0. The van der Waals surface area contributed by atoms with Gasteiger partial charge in [-0.1, -0.05) is 13.8 Å². The Labute approximate surface area is 85.7 Å². The maximum Gasteiger partial charge on any atom is 0.223 e. The average molecular weight is 194 g/mol. The van der Waals surface area contributed by atoms with E-state index in [-0.39, 0.29) is 11.9 Å². The molecule has 0 aromatic heterocycles. The Morgan fingerprint density at radius 3 is 2.86 bits per heavy atom. The van der Waals surface area contributed by atoms with Gasteiger partial charge in [-0.05, 0) is 25.2 Å². The lowest BCUT2D eigenvalue weighted by atomic mass is 10.0. The van der Waals surface area contributed by atoms with Crippen LogP contribution in [-0.4, -0.2) is 23.4 Å². The Hall–Kier alpha value is -1.04. The number of carbonyl (C=O) groups is 1. The maximum atomic E-state index is 11.8. The van der Waals surface area contributed by atoms with Gasteiger partial charge in [0.2, 0.25) is 5.91 Å². The van der Waals surface area contributed by atoms with Crippen LogP contribution in [0.2, 0.25) is 0 Å². The molecule has 1 fully saturated rings. The topological polar surface area (TPSA) is 44.1 Å². The van der Waals surface area contributed by atoms with Gasteiger partial charge in [0.05, 0.1) is 6.07 Å². The van der Waals surface area contributed by atoms with E-state index in [2.05, 4.69) is 6.07 Å². The highest BCUT2D eigenvalue weighted by Gasteiger charge is 2.26. The number of amides is 1. The molecule has 3 heteroatoms. The van der Waals surface area contributed by atoms with E-state index in [0.29, 0.717) is 12.3 Å². The molecule has 1 aliphatic rings. The molecule has 3 nitrogen and oxygen atoms in total. The smallest absolute Gasteiger partial charge is 0.223 e.